The van der Waals surface area contributed by atoms with Crippen LogP contribution in [0.5, 0.6) is 0 Å². The van der Waals surface area contributed by atoms with Gasteiger partial charge in [-0.1, -0.05) is 0 Å². The van der Waals surface area contributed by atoms with Gasteiger partial charge in [0.25, 0.3) is 5.91 Å². The summed E-state index contributed by atoms with van der Waals surface area (Å²) in [6.45, 7) is -4.44. The predicted molar refractivity (Wildman–Crippen MR) is 101 cm³/mol. The number of rotatable bonds is 6. The SMILES string of the molecule is O=C1NC(C(=O)NNc2cc(C(F)(F)F)c3cc(N(CC(F)(F)F)CC(F)(F)F)ccc3n2)CO1. The maximum absolute atomic E-state index is 13.7. The lowest BCUT2D eigenvalue weighted by Gasteiger charge is -2.27. The number of pyridine rings is 1. The molecule has 1 aliphatic rings. The van der Waals surface area contributed by atoms with Crippen LogP contribution >= 0.6 is 0 Å². The van der Waals surface area contributed by atoms with Crippen molar-refractivity contribution in [1.82, 2.24) is 15.7 Å². The second-order valence-electron chi connectivity index (χ2n) is 7.25. The first-order chi connectivity index (χ1) is 16.0. The second kappa shape index (κ2) is 9.18. The number of cyclic esters (lactones) is 1. The van der Waals surface area contributed by atoms with E-state index in [-0.39, 0.29) is 11.5 Å². The van der Waals surface area contributed by atoms with Crippen LogP contribution in [0.2, 0.25) is 0 Å². The molecule has 0 spiro atoms. The van der Waals surface area contributed by atoms with Crippen LogP contribution in [0.1, 0.15) is 5.56 Å². The van der Waals surface area contributed by atoms with Crippen molar-refractivity contribution < 1.29 is 53.8 Å². The third kappa shape index (κ3) is 6.92. The molecule has 1 aromatic carbocycles. The number of alkyl carbamates (subject to hydrolysis) is 1. The summed E-state index contributed by atoms with van der Waals surface area (Å²) >= 11 is 0. The van der Waals surface area contributed by atoms with Gasteiger partial charge in [-0.2, -0.15) is 39.5 Å². The average molecular weight is 519 g/mol. The van der Waals surface area contributed by atoms with Crippen molar-refractivity contribution in [2.75, 3.05) is 30.0 Å². The minimum absolute atomic E-state index is 0.149. The number of ether oxygens (including phenoxy) is 1. The van der Waals surface area contributed by atoms with Gasteiger partial charge in [-0.05, 0) is 24.3 Å². The van der Waals surface area contributed by atoms with E-state index in [1.54, 1.807) is 0 Å². The minimum Gasteiger partial charge on any atom is -0.447 e. The zero-order valence-corrected chi connectivity index (χ0v) is 17.0. The topological polar surface area (TPSA) is 95.6 Å². The first-order valence-corrected chi connectivity index (χ1v) is 9.41. The Bertz CT molecular complexity index is 1100. The van der Waals surface area contributed by atoms with Crippen LogP contribution in [0.25, 0.3) is 10.9 Å². The molecular weight excluding hydrogens is 505 g/mol. The summed E-state index contributed by atoms with van der Waals surface area (Å²) in [5.41, 5.74) is 1.50. The van der Waals surface area contributed by atoms with E-state index in [0.717, 1.165) is 12.1 Å². The van der Waals surface area contributed by atoms with Gasteiger partial charge >= 0.3 is 24.6 Å². The molecule has 35 heavy (non-hydrogen) atoms. The Hall–Kier alpha value is -3.66. The molecule has 3 N–H and O–H groups in total. The number of hydrogen-bond acceptors (Lipinski definition) is 6. The number of hydrazine groups is 1. The highest BCUT2D eigenvalue weighted by atomic mass is 19.4. The zero-order valence-electron chi connectivity index (χ0n) is 17.0. The van der Waals surface area contributed by atoms with Crippen LogP contribution < -0.4 is 21.1 Å². The summed E-state index contributed by atoms with van der Waals surface area (Å²) in [5, 5.41) is 1.36. The van der Waals surface area contributed by atoms with Gasteiger partial charge in [0.1, 0.15) is 31.6 Å². The first kappa shape index (κ1) is 26.0. The van der Waals surface area contributed by atoms with E-state index in [9.17, 15) is 49.1 Å². The Morgan fingerprint density at radius 2 is 1.69 bits per heavy atom. The van der Waals surface area contributed by atoms with E-state index in [1.165, 1.54) is 0 Å². The number of nitrogens with one attached hydrogen (secondary N) is 3. The fourth-order valence-electron chi connectivity index (χ4n) is 3.12. The highest BCUT2D eigenvalue weighted by Gasteiger charge is 2.39. The molecule has 2 aromatic rings. The van der Waals surface area contributed by atoms with E-state index < -0.39 is 77.6 Å². The molecule has 1 aliphatic heterocycles. The van der Waals surface area contributed by atoms with E-state index in [4.69, 9.17) is 0 Å². The van der Waals surface area contributed by atoms with E-state index in [0.29, 0.717) is 12.1 Å². The summed E-state index contributed by atoms with van der Waals surface area (Å²) in [5.74, 6) is -1.42. The Morgan fingerprint density at radius 1 is 1.06 bits per heavy atom. The number of halogens is 9. The molecule has 0 bridgehead atoms. The predicted octanol–water partition coefficient (Wildman–Crippen LogP) is 3.74. The first-order valence-electron chi connectivity index (χ1n) is 9.41. The van der Waals surface area contributed by atoms with Gasteiger partial charge in [0.2, 0.25) is 0 Å². The van der Waals surface area contributed by atoms with E-state index in [1.807, 2.05) is 5.43 Å². The quantitative estimate of drug-likeness (QED) is 0.398. The standard InChI is InChI=1S/C18H14F9N5O3/c19-16(20,21)6-32(7-17(22,23)24)8-1-2-11-9(3-8)10(18(25,26)27)4-13(28-11)30-31-14(33)12-5-35-15(34)29-12/h1-4,12H,5-7H2,(H,28,30)(H,29,34)(H,31,33). The number of anilines is 2. The van der Waals surface area contributed by atoms with Gasteiger partial charge in [0.15, 0.2) is 0 Å². The normalized spacial score (nSPS) is 16.6. The highest BCUT2D eigenvalue weighted by Crippen LogP contribution is 2.38. The van der Waals surface area contributed by atoms with E-state index >= 15 is 0 Å². The lowest BCUT2D eigenvalue weighted by Crippen LogP contribution is -2.45. The number of benzene rings is 1. The molecule has 192 valence electrons. The van der Waals surface area contributed by atoms with E-state index in [2.05, 4.69) is 20.5 Å². The summed E-state index contributed by atoms with van der Waals surface area (Å²) in [6, 6.07) is 1.39. The summed E-state index contributed by atoms with van der Waals surface area (Å²) < 4.78 is 122. The van der Waals surface area contributed by atoms with Crippen LogP contribution in [0, 0.1) is 0 Å². The van der Waals surface area contributed by atoms with Crippen molar-refractivity contribution in [3.63, 3.8) is 0 Å². The molecule has 1 aromatic heterocycles. The number of carbonyl (C=O) groups excluding carboxylic acids is 2. The Morgan fingerprint density at radius 3 is 2.20 bits per heavy atom. The number of fused-ring (bicyclic) bond motifs is 1. The molecule has 1 atom stereocenters. The number of nitrogens with zero attached hydrogens (tertiary/aromatic N) is 2. The van der Waals surface area contributed by atoms with Gasteiger partial charge in [-0.25, -0.2) is 9.78 Å². The molecule has 1 saturated heterocycles. The molecule has 1 fully saturated rings. The summed E-state index contributed by atoms with van der Waals surface area (Å²) in [7, 11) is 0. The molecule has 0 radical (unpaired) electrons. The largest absolute Gasteiger partial charge is 0.447 e. The fourth-order valence-corrected chi connectivity index (χ4v) is 3.12. The third-order valence-corrected chi connectivity index (χ3v) is 4.51. The molecule has 3 rings (SSSR count). The summed E-state index contributed by atoms with van der Waals surface area (Å²) in [6.07, 6.45) is -16.1. The molecule has 0 saturated carbocycles. The minimum atomic E-state index is -5.09. The van der Waals surface area contributed by atoms with Crippen molar-refractivity contribution in [2.24, 2.45) is 0 Å². The van der Waals surface area contributed by atoms with Gasteiger partial charge in [-0.15, -0.1) is 0 Å². The van der Waals surface area contributed by atoms with Crippen molar-refractivity contribution in [3.05, 3.63) is 29.8 Å². The van der Waals surface area contributed by atoms with Crippen LogP contribution in [0.15, 0.2) is 24.3 Å². The Balaban J connectivity index is 1.95. The molecule has 2 heterocycles. The van der Waals surface area contributed by atoms with Crippen molar-refractivity contribution in [2.45, 2.75) is 24.6 Å². The maximum Gasteiger partial charge on any atom is 0.417 e. The number of hydrogen-bond donors (Lipinski definition) is 3. The average Bonchev–Trinajstić information content (AvgIpc) is 3.14. The lowest BCUT2D eigenvalue weighted by molar-refractivity contribution is -0.138. The van der Waals surface area contributed by atoms with Crippen LogP contribution in [0.4, 0.5) is 55.8 Å². The monoisotopic (exact) mass is 519 g/mol. The highest BCUT2D eigenvalue weighted by molar-refractivity contribution is 5.90. The number of carbonyl (C=O) groups is 2. The van der Waals surface area contributed by atoms with Gasteiger partial charge < -0.3 is 15.0 Å². The van der Waals surface area contributed by atoms with Gasteiger partial charge in [0.05, 0.1) is 11.1 Å². The zero-order chi connectivity index (χ0) is 26.2. The van der Waals surface area contributed by atoms with Gasteiger partial charge in [0, 0.05) is 11.1 Å². The number of aromatic nitrogens is 1. The van der Waals surface area contributed by atoms with Crippen LogP contribution in [-0.2, 0) is 15.7 Å². The van der Waals surface area contributed by atoms with Crippen LogP contribution in [0.3, 0.4) is 0 Å². The summed E-state index contributed by atoms with van der Waals surface area (Å²) in [4.78, 5) is 26.6. The molecule has 17 heteroatoms. The third-order valence-electron chi connectivity index (χ3n) is 4.51. The molecule has 8 nitrogen and oxygen atoms in total. The smallest absolute Gasteiger partial charge is 0.417 e. The fraction of sp³-hybridized carbons (Fsp3) is 0.389. The van der Waals surface area contributed by atoms with Crippen molar-refractivity contribution >= 4 is 34.4 Å². The number of amides is 2. The molecule has 1 unspecified atom stereocenters. The van der Waals surface area contributed by atoms with Gasteiger partial charge in [-0.3, -0.25) is 15.6 Å². The Kier molecular flexibility index (Phi) is 6.81. The maximum atomic E-state index is 13.7. The molecule has 2 amide bonds. The van der Waals surface area contributed by atoms with Crippen molar-refractivity contribution in [3.8, 4) is 0 Å². The molecular formula is C18H14F9N5O3. The second-order valence-corrected chi connectivity index (χ2v) is 7.25. The van der Waals surface area contributed by atoms with Crippen molar-refractivity contribution in [1.29, 1.82) is 0 Å². The molecule has 0 aliphatic carbocycles. The Labute approximate surface area is 189 Å². The number of alkyl halides is 9. The van der Waals surface area contributed by atoms with Crippen LogP contribution in [-0.4, -0.2) is 55.1 Å². The lowest BCUT2D eigenvalue weighted by atomic mass is 10.1.